The molecule has 1 rings (SSSR count). The van der Waals surface area contributed by atoms with Crippen molar-refractivity contribution in [3.63, 3.8) is 0 Å². The minimum Gasteiger partial charge on any atom is -0.494 e. The number of amides is 3. The number of hydrogen-bond donors (Lipinski definition) is 3. The molecule has 0 fully saturated rings. The highest BCUT2D eigenvalue weighted by molar-refractivity contribution is 5.90. The fourth-order valence-corrected chi connectivity index (χ4v) is 3.22. The normalized spacial score (nSPS) is 13.1. The van der Waals surface area contributed by atoms with E-state index in [-0.39, 0.29) is 24.3 Å². The molecule has 0 heterocycles. The number of ether oxygens (including phenoxy) is 1. The van der Waals surface area contributed by atoms with Crippen molar-refractivity contribution in [2.45, 2.75) is 78.5 Å². The van der Waals surface area contributed by atoms with Gasteiger partial charge in [-0.2, -0.15) is 0 Å². The van der Waals surface area contributed by atoms with Crippen LogP contribution < -0.4 is 16.0 Å². The molecule has 3 amide bonds. The van der Waals surface area contributed by atoms with E-state index >= 15 is 0 Å². The van der Waals surface area contributed by atoms with Gasteiger partial charge in [0.2, 0.25) is 17.7 Å². The fraction of sp³-hybridized carbons (Fsp3) is 0.520. The molecular formula is C25H37N3O5. The van der Waals surface area contributed by atoms with Crippen molar-refractivity contribution in [2.75, 3.05) is 6.54 Å². The third-order valence-corrected chi connectivity index (χ3v) is 4.64. The molecule has 0 aliphatic heterocycles. The molecule has 0 aliphatic rings. The van der Waals surface area contributed by atoms with Crippen LogP contribution in [0.5, 0.6) is 0 Å². The van der Waals surface area contributed by atoms with Crippen LogP contribution in [0.3, 0.4) is 0 Å². The van der Waals surface area contributed by atoms with Gasteiger partial charge in [-0.15, -0.1) is 0 Å². The summed E-state index contributed by atoms with van der Waals surface area (Å²) in [5.74, 6) is -0.574. The average molecular weight is 460 g/mol. The Labute approximate surface area is 196 Å². The number of rotatable bonds is 14. The van der Waals surface area contributed by atoms with E-state index in [0.717, 1.165) is 5.56 Å². The van der Waals surface area contributed by atoms with Crippen LogP contribution in [0.4, 0.5) is 0 Å². The maximum atomic E-state index is 12.7. The van der Waals surface area contributed by atoms with Crippen LogP contribution in [-0.4, -0.2) is 48.2 Å². The van der Waals surface area contributed by atoms with Gasteiger partial charge in [0.25, 0.3) is 0 Å². The fourth-order valence-electron chi connectivity index (χ4n) is 3.22. The van der Waals surface area contributed by atoms with Crippen LogP contribution in [0, 0.1) is 0 Å². The number of allylic oxidation sites excluding steroid dienone is 1. The third-order valence-electron chi connectivity index (χ3n) is 4.64. The van der Waals surface area contributed by atoms with E-state index in [1.54, 1.807) is 0 Å². The van der Waals surface area contributed by atoms with Crippen molar-refractivity contribution in [3.8, 4) is 0 Å². The summed E-state index contributed by atoms with van der Waals surface area (Å²) < 4.78 is 5.86. The minimum atomic E-state index is -0.800. The van der Waals surface area contributed by atoms with Gasteiger partial charge in [0.15, 0.2) is 0 Å². The van der Waals surface area contributed by atoms with E-state index in [2.05, 4.69) is 16.0 Å². The maximum absolute atomic E-state index is 12.7. The topological polar surface area (TPSA) is 114 Å². The summed E-state index contributed by atoms with van der Waals surface area (Å²) in [7, 11) is 0. The van der Waals surface area contributed by atoms with Gasteiger partial charge in [0.1, 0.15) is 17.6 Å². The molecule has 33 heavy (non-hydrogen) atoms. The zero-order chi connectivity index (χ0) is 24.8. The summed E-state index contributed by atoms with van der Waals surface area (Å²) in [4.78, 5) is 48.4. The summed E-state index contributed by atoms with van der Waals surface area (Å²) in [6, 6.07) is 8.03. The first-order chi connectivity index (χ1) is 15.6. The second-order valence-corrected chi connectivity index (χ2v) is 8.20. The Hall–Kier alpha value is -3.16. The van der Waals surface area contributed by atoms with Crippen LogP contribution in [0.1, 0.15) is 59.4 Å². The monoisotopic (exact) mass is 459 g/mol. The molecule has 182 valence electrons. The molecule has 0 saturated carbocycles. The summed E-state index contributed by atoms with van der Waals surface area (Å²) in [6.07, 6.45) is 3.51. The first kappa shape index (κ1) is 27.9. The van der Waals surface area contributed by atoms with Crippen molar-refractivity contribution in [3.05, 3.63) is 47.7 Å². The second-order valence-electron chi connectivity index (χ2n) is 8.20. The van der Waals surface area contributed by atoms with Crippen LogP contribution in [0.2, 0.25) is 0 Å². The Bertz CT molecular complexity index is 821. The SMILES string of the molecule is CC/C=C(\OC(C)C)C(CCC(C)=O)NC(=O)CNC(=O)C(Cc1ccccc1)NC(C)=O. The quantitative estimate of drug-likeness (QED) is 0.370. The van der Waals surface area contributed by atoms with Crippen molar-refractivity contribution in [1.82, 2.24) is 16.0 Å². The molecule has 8 nitrogen and oxygen atoms in total. The number of Topliss-reactive ketones (excluding diaryl/α,β-unsaturated/α-hetero) is 1. The van der Waals surface area contributed by atoms with Crippen molar-refractivity contribution < 1.29 is 23.9 Å². The van der Waals surface area contributed by atoms with Crippen LogP contribution in [-0.2, 0) is 30.3 Å². The molecular weight excluding hydrogens is 422 g/mol. The van der Waals surface area contributed by atoms with Crippen LogP contribution >= 0.6 is 0 Å². The number of benzene rings is 1. The number of hydrogen-bond acceptors (Lipinski definition) is 5. The Morgan fingerprint density at radius 3 is 2.21 bits per heavy atom. The highest BCUT2D eigenvalue weighted by atomic mass is 16.5. The lowest BCUT2D eigenvalue weighted by Gasteiger charge is -2.24. The molecule has 0 aliphatic carbocycles. The summed E-state index contributed by atoms with van der Waals surface area (Å²) in [6.45, 7) is 8.32. The first-order valence-corrected chi connectivity index (χ1v) is 11.4. The van der Waals surface area contributed by atoms with E-state index in [1.165, 1.54) is 13.8 Å². The number of nitrogens with one attached hydrogen (secondary N) is 3. The molecule has 0 bridgehead atoms. The lowest BCUT2D eigenvalue weighted by atomic mass is 10.1. The van der Waals surface area contributed by atoms with Crippen molar-refractivity contribution in [2.24, 2.45) is 0 Å². The molecule has 1 aromatic carbocycles. The Kier molecular flexibility index (Phi) is 12.5. The molecule has 0 spiro atoms. The highest BCUT2D eigenvalue weighted by Gasteiger charge is 2.23. The predicted octanol–water partition coefficient (Wildman–Crippen LogP) is 2.42. The van der Waals surface area contributed by atoms with Gasteiger partial charge in [-0.25, -0.2) is 0 Å². The maximum Gasteiger partial charge on any atom is 0.243 e. The van der Waals surface area contributed by atoms with Gasteiger partial charge in [0.05, 0.1) is 18.7 Å². The van der Waals surface area contributed by atoms with Gasteiger partial charge in [-0.1, -0.05) is 37.3 Å². The van der Waals surface area contributed by atoms with E-state index in [9.17, 15) is 19.2 Å². The molecule has 0 aromatic heterocycles. The van der Waals surface area contributed by atoms with E-state index < -0.39 is 23.9 Å². The highest BCUT2D eigenvalue weighted by Crippen LogP contribution is 2.14. The van der Waals surface area contributed by atoms with E-state index in [1.807, 2.05) is 57.2 Å². The van der Waals surface area contributed by atoms with Gasteiger partial charge in [-0.3, -0.25) is 14.4 Å². The molecule has 0 radical (unpaired) electrons. The Morgan fingerprint density at radius 2 is 1.67 bits per heavy atom. The average Bonchev–Trinajstić information content (AvgIpc) is 2.74. The predicted molar refractivity (Wildman–Crippen MR) is 127 cm³/mol. The number of ketones is 1. The molecule has 1 aromatic rings. The molecule has 8 heteroatoms. The third kappa shape index (κ3) is 11.9. The largest absolute Gasteiger partial charge is 0.494 e. The Balaban J connectivity index is 2.80. The lowest BCUT2D eigenvalue weighted by Crippen LogP contribution is -2.50. The summed E-state index contributed by atoms with van der Waals surface area (Å²) in [5, 5.41) is 8.09. The number of carbonyl (C=O) groups excluding carboxylic acids is 4. The van der Waals surface area contributed by atoms with Crippen molar-refractivity contribution in [1.29, 1.82) is 0 Å². The minimum absolute atomic E-state index is 0.0157. The second kappa shape index (κ2) is 14.8. The molecule has 3 N–H and O–H groups in total. The van der Waals surface area contributed by atoms with E-state index in [4.69, 9.17) is 4.74 Å². The first-order valence-electron chi connectivity index (χ1n) is 11.4. The van der Waals surface area contributed by atoms with Gasteiger partial charge in [0, 0.05) is 19.8 Å². The van der Waals surface area contributed by atoms with Gasteiger partial charge < -0.3 is 25.5 Å². The smallest absolute Gasteiger partial charge is 0.243 e. The summed E-state index contributed by atoms with van der Waals surface area (Å²) in [5.41, 5.74) is 0.889. The van der Waals surface area contributed by atoms with E-state index in [0.29, 0.717) is 31.4 Å². The Morgan fingerprint density at radius 1 is 1.00 bits per heavy atom. The zero-order valence-corrected chi connectivity index (χ0v) is 20.3. The molecule has 2 unspecified atom stereocenters. The van der Waals surface area contributed by atoms with Gasteiger partial charge >= 0.3 is 0 Å². The van der Waals surface area contributed by atoms with Crippen LogP contribution in [0.25, 0.3) is 0 Å². The van der Waals surface area contributed by atoms with Gasteiger partial charge in [-0.05, 0) is 45.3 Å². The van der Waals surface area contributed by atoms with Crippen LogP contribution in [0.15, 0.2) is 42.2 Å². The zero-order valence-electron chi connectivity index (χ0n) is 20.3. The van der Waals surface area contributed by atoms with Crippen molar-refractivity contribution >= 4 is 23.5 Å². The standard InChI is InChI=1S/C25H37N3O5/c1-6-10-23(33-17(2)3)21(14-13-18(4)29)28-24(31)16-26-25(32)22(27-19(5)30)15-20-11-8-7-9-12-20/h7-12,17,21-22H,6,13-16H2,1-5H3,(H,26,32)(H,27,30)(H,28,31)/b23-10-. The molecule has 2 atom stereocenters. The number of carbonyl (C=O) groups is 4. The summed E-state index contributed by atoms with van der Waals surface area (Å²) >= 11 is 0. The molecule has 0 saturated heterocycles. The lowest BCUT2D eigenvalue weighted by molar-refractivity contribution is -0.130.